The van der Waals surface area contributed by atoms with E-state index in [1.54, 1.807) is 0 Å². The Labute approximate surface area is 207 Å². The average Bonchev–Trinajstić information content (AvgIpc) is 2.79. The first-order chi connectivity index (χ1) is 15.6. The zero-order valence-corrected chi connectivity index (χ0v) is 21.9. The molecule has 0 bridgehead atoms. The predicted octanol–water partition coefficient (Wildman–Crippen LogP) is 6.32. The molecule has 0 heterocycles. The lowest BCUT2D eigenvalue weighted by Gasteiger charge is -2.15. The van der Waals surface area contributed by atoms with Crippen molar-refractivity contribution in [1.29, 1.82) is 0 Å². The molecule has 1 N–H and O–H groups in total. The van der Waals surface area contributed by atoms with Crippen molar-refractivity contribution in [3.8, 4) is 0 Å². The molecule has 1 atom stereocenters. The summed E-state index contributed by atoms with van der Waals surface area (Å²) < 4.78 is 10.4. The lowest BCUT2D eigenvalue weighted by atomic mass is 10.1. The van der Waals surface area contributed by atoms with Gasteiger partial charge in [0.25, 0.3) is 0 Å². The Hall–Kier alpha value is -0.400. The van der Waals surface area contributed by atoms with Crippen LogP contribution in [0.4, 0.5) is 0 Å². The van der Waals surface area contributed by atoms with Gasteiger partial charge in [-0.1, -0.05) is 77.0 Å². The van der Waals surface area contributed by atoms with Gasteiger partial charge >= 0.3 is 11.9 Å². The van der Waals surface area contributed by atoms with E-state index in [9.17, 15) is 14.7 Å². The van der Waals surface area contributed by atoms with Gasteiger partial charge in [0.15, 0.2) is 6.10 Å². The maximum atomic E-state index is 11.9. The van der Waals surface area contributed by atoms with Crippen LogP contribution < -0.4 is 0 Å². The summed E-state index contributed by atoms with van der Waals surface area (Å²) in [4.78, 5) is 23.8. The summed E-state index contributed by atoms with van der Waals surface area (Å²) in [6.45, 7) is -0.406. The number of esters is 2. The number of aliphatic hydroxyl groups excluding tert-OH is 1. The molecule has 0 aromatic heterocycles. The number of unbranched alkanes of at least 4 members (excludes halogenated alkanes) is 14. The molecule has 0 aliphatic carbocycles. The lowest BCUT2D eigenvalue weighted by Crippen LogP contribution is -2.28. The zero-order valence-electron chi connectivity index (χ0n) is 20.1. The van der Waals surface area contributed by atoms with E-state index in [-0.39, 0.29) is 25.2 Å². The van der Waals surface area contributed by atoms with Gasteiger partial charge in [-0.2, -0.15) is 25.3 Å². The van der Waals surface area contributed by atoms with Crippen LogP contribution in [-0.4, -0.2) is 47.9 Å². The minimum atomic E-state index is -0.768. The van der Waals surface area contributed by atoms with E-state index >= 15 is 0 Å². The smallest absolute Gasteiger partial charge is 0.306 e. The largest absolute Gasteiger partial charge is 0.462 e. The Kier molecular flexibility index (Phi) is 24.9. The molecule has 0 saturated heterocycles. The van der Waals surface area contributed by atoms with Crippen molar-refractivity contribution in [3.05, 3.63) is 0 Å². The third-order valence-corrected chi connectivity index (χ3v) is 6.14. The summed E-state index contributed by atoms with van der Waals surface area (Å²) >= 11 is 8.43. The minimum Gasteiger partial charge on any atom is -0.462 e. The fourth-order valence-corrected chi connectivity index (χ4v) is 3.96. The molecule has 0 aliphatic rings. The molecule has 0 rings (SSSR count). The molecule has 7 heteroatoms. The van der Waals surface area contributed by atoms with Crippen molar-refractivity contribution in [3.63, 3.8) is 0 Å². The Bertz CT molecular complexity index is 435. The van der Waals surface area contributed by atoms with Crippen molar-refractivity contribution >= 4 is 37.2 Å². The number of hydrogen-bond donors (Lipinski definition) is 3. The summed E-state index contributed by atoms with van der Waals surface area (Å²) in [7, 11) is 0. The Morgan fingerprint density at radius 3 is 1.38 bits per heavy atom. The third-order valence-electron chi connectivity index (χ3n) is 5.51. The standard InChI is InChI=1S/C25H48O5S2/c26-21-23(30-25(28)18-14-10-6-2-4-8-12-16-20-32)22-29-24(27)17-13-9-5-1-3-7-11-15-19-31/h23,26,31-32H,1-22H2/t23-/m1/s1. The minimum absolute atomic E-state index is 0.0709. The van der Waals surface area contributed by atoms with E-state index in [1.165, 1.54) is 64.2 Å². The fraction of sp³-hybridized carbons (Fsp3) is 0.920. The van der Waals surface area contributed by atoms with Gasteiger partial charge in [0.05, 0.1) is 6.61 Å². The van der Waals surface area contributed by atoms with E-state index in [1.807, 2.05) is 0 Å². The molecule has 0 amide bonds. The first-order valence-corrected chi connectivity index (χ1v) is 14.1. The molecule has 0 radical (unpaired) electrons. The van der Waals surface area contributed by atoms with Crippen molar-refractivity contribution in [2.24, 2.45) is 0 Å². The second-order valence-corrected chi connectivity index (χ2v) is 9.48. The molecule has 5 nitrogen and oxygen atoms in total. The zero-order chi connectivity index (χ0) is 23.7. The normalized spacial score (nSPS) is 12.0. The first-order valence-electron chi connectivity index (χ1n) is 12.8. The van der Waals surface area contributed by atoms with Gasteiger partial charge in [0, 0.05) is 12.8 Å². The monoisotopic (exact) mass is 492 g/mol. The summed E-state index contributed by atoms with van der Waals surface area (Å²) in [5.41, 5.74) is 0. The maximum absolute atomic E-state index is 11.9. The Morgan fingerprint density at radius 2 is 0.969 bits per heavy atom. The molecule has 32 heavy (non-hydrogen) atoms. The van der Waals surface area contributed by atoms with Crippen LogP contribution in [0.15, 0.2) is 0 Å². The number of aliphatic hydroxyl groups is 1. The molecular formula is C25H48O5S2. The Balaban J connectivity index is 3.61. The number of hydrogen-bond acceptors (Lipinski definition) is 7. The number of carbonyl (C=O) groups is 2. The Morgan fingerprint density at radius 1 is 0.594 bits per heavy atom. The molecule has 0 unspecified atom stereocenters. The summed E-state index contributed by atoms with van der Waals surface area (Å²) in [5, 5.41) is 9.39. The molecule has 0 aromatic carbocycles. The molecule has 190 valence electrons. The first kappa shape index (κ1) is 31.6. The van der Waals surface area contributed by atoms with Gasteiger partial charge in [-0.25, -0.2) is 0 Å². The quantitative estimate of drug-likeness (QED) is 0.0836. The molecular weight excluding hydrogens is 444 g/mol. The van der Waals surface area contributed by atoms with Crippen molar-refractivity contribution in [2.45, 2.75) is 122 Å². The lowest BCUT2D eigenvalue weighted by molar-refractivity contribution is -0.161. The van der Waals surface area contributed by atoms with Crippen LogP contribution in [0.1, 0.15) is 116 Å². The molecule has 0 fully saturated rings. The van der Waals surface area contributed by atoms with Crippen LogP contribution in [0.3, 0.4) is 0 Å². The summed E-state index contributed by atoms with van der Waals surface area (Å²) in [5.74, 6) is 1.31. The van der Waals surface area contributed by atoms with E-state index in [0.717, 1.165) is 50.0 Å². The highest BCUT2D eigenvalue weighted by molar-refractivity contribution is 7.80. The van der Waals surface area contributed by atoms with Gasteiger partial charge in [-0.3, -0.25) is 9.59 Å². The predicted molar refractivity (Wildman–Crippen MR) is 139 cm³/mol. The van der Waals surface area contributed by atoms with Crippen LogP contribution in [-0.2, 0) is 19.1 Å². The molecule has 0 saturated carbocycles. The maximum Gasteiger partial charge on any atom is 0.306 e. The SMILES string of the molecule is O=C(CCCCCCCCCCS)OC[C@@H](CO)OC(=O)CCCCCCCCCCS. The van der Waals surface area contributed by atoms with Crippen molar-refractivity contribution in [1.82, 2.24) is 0 Å². The number of carbonyl (C=O) groups excluding carboxylic acids is 2. The van der Waals surface area contributed by atoms with Crippen LogP contribution in [0, 0.1) is 0 Å². The van der Waals surface area contributed by atoms with E-state index in [0.29, 0.717) is 12.8 Å². The van der Waals surface area contributed by atoms with Crippen molar-refractivity contribution < 1.29 is 24.2 Å². The number of rotatable bonds is 24. The fourth-order valence-electron chi connectivity index (χ4n) is 3.51. The number of thiol groups is 2. The highest BCUT2D eigenvalue weighted by atomic mass is 32.1. The van der Waals surface area contributed by atoms with Gasteiger partial charge in [0.2, 0.25) is 0 Å². The third kappa shape index (κ3) is 22.8. The highest BCUT2D eigenvalue weighted by Gasteiger charge is 2.16. The number of ether oxygens (including phenoxy) is 2. The molecule has 0 spiro atoms. The second-order valence-electron chi connectivity index (χ2n) is 8.58. The van der Waals surface area contributed by atoms with Gasteiger partial charge < -0.3 is 14.6 Å². The topological polar surface area (TPSA) is 72.8 Å². The van der Waals surface area contributed by atoms with E-state index in [2.05, 4.69) is 25.3 Å². The van der Waals surface area contributed by atoms with Crippen LogP contribution >= 0.6 is 25.3 Å². The van der Waals surface area contributed by atoms with E-state index < -0.39 is 6.10 Å². The van der Waals surface area contributed by atoms with E-state index in [4.69, 9.17) is 9.47 Å². The van der Waals surface area contributed by atoms with Gasteiger partial charge in [-0.15, -0.1) is 0 Å². The highest BCUT2D eigenvalue weighted by Crippen LogP contribution is 2.12. The van der Waals surface area contributed by atoms with Crippen molar-refractivity contribution in [2.75, 3.05) is 24.7 Å². The van der Waals surface area contributed by atoms with Gasteiger partial charge in [0.1, 0.15) is 6.61 Å². The van der Waals surface area contributed by atoms with Crippen LogP contribution in [0.5, 0.6) is 0 Å². The average molecular weight is 493 g/mol. The van der Waals surface area contributed by atoms with Crippen LogP contribution in [0.2, 0.25) is 0 Å². The summed E-state index contributed by atoms with van der Waals surface area (Å²) in [6, 6.07) is 0. The van der Waals surface area contributed by atoms with Gasteiger partial charge in [-0.05, 0) is 37.2 Å². The second kappa shape index (κ2) is 25.2. The summed E-state index contributed by atoms with van der Waals surface area (Å²) in [6.07, 6.45) is 18.2. The molecule has 0 aromatic rings. The van der Waals surface area contributed by atoms with Crippen LogP contribution in [0.25, 0.3) is 0 Å². The molecule has 0 aliphatic heterocycles.